The van der Waals surface area contributed by atoms with Gasteiger partial charge in [-0.25, -0.2) is 0 Å². The summed E-state index contributed by atoms with van der Waals surface area (Å²) in [5.74, 6) is 0.744. The van der Waals surface area contributed by atoms with Crippen LogP contribution in [0.15, 0.2) is 18.3 Å². The molecule has 0 radical (unpaired) electrons. The smallest absolute Gasteiger partial charge is 0.143 e. The number of methoxy groups -OCH3 is 1. The van der Waals surface area contributed by atoms with Gasteiger partial charge in [0.1, 0.15) is 5.75 Å². The first-order valence-corrected chi connectivity index (χ1v) is 6.91. The molecule has 0 saturated carbocycles. The lowest BCUT2D eigenvalue weighted by molar-refractivity contribution is 0.416. The standard InChI is InChI=1S/C15H20ClN3O/c1-9-6-14(15(20-5)7-13(9)16)17-10(2)12-8-19(4)18-11(12)3/h6-8,10,17H,1-5H3. The maximum atomic E-state index is 6.13. The number of benzene rings is 1. The van der Waals surface area contributed by atoms with Crippen LogP contribution >= 0.6 is 11.6 Å². The van der Waals surface area contributed by atoms with E-state index >= 15 is 0 Å². The van der Waals surface area contributed by atoms with Gasteiger partial charge in [-0.05, 0) is 32.4 Å². The molecule has 1 atom stereocenters. The van der Waals surface area contributed by atoms with E-state index < -0.39 is 0 Å². The van der Waals surface area contributed by atoms with Gasteiger partial charge in [-0.1, -0.05) is 11.6 Å². The molecule has 108 valence electrons. The highest BCUT2D eigenvalue weighted by Gasteiger charge is 2.14. The predicted molar refractivity (Wildman–Crippen MR) is 82.7 cm³/mol. The molecular weight excluding hydrogens is 274 g/mol. The van der Waals surface area contributed by atoms with Crippen LogP contribution in [0.4, 0.5) is 5.69 Å². The third-order valence-corrected chi connectivity index (χ3v) is 3.78. The quantitative estimate of drug-likeness (QED) is 0.930. The highest BCUT2D eigenvalue weighted by atomic mass is 35.5. The lowest BCUT2D eigenvalue weighted by Crippen LogP contribution is -2.08. The van der Waals surface area contributed by atoms with Crippen LogP contribution in [0.2, 0.25) is 5.02 Å². The molecule has 1 N–H and O–H groups in total. The van der Waals surface area contributed by atoms with Crippen molar-refractivity contribution in [2.75, 3.05) is 12.4 Å². The molecule has 0 amide bonds. The minimum atomic E-state index is 0.137. The Kier molecular flexibility index (Phi) is 4.23. The summed E-state index contributed by atoms with van der Waals surface area (Å²) in [5.41, 5.74) is 4.15. The minimum Gasteiger partial charge on any atom is -0.495 e. The molecule has 1 aromatic heterocycles. The third-order valence-electron chi connectivity index (χ3n) is 3.37. The highest BCUT2D eigenvalue weighted by Crippen LogP contribution is 2.33. The fourth-order valence-corrected chi connectivity index (χ4v) is 2.45. The molecule has 5 heteroatoms. The Hall–Kier alpha value is -1.68. The van der Waals surface area contributed by atoms with Gasteiger partial charge in [0.05, 0.1) is 24.5 Å². The van der Waals surface area contributed by atoms with Crippen LogP contribution in [-0.4, -0.2) is 16.9 Å². The van der Waals surface area contributed by atoms with Gasteiger partial charge in [0.15, 0.2) is 0 Å². The number of halogens is 1. The normalized spacial score (nSPS) is 12.3. The van der Waals surface area contributed by atoms with Gasteiger partial charge >= 0.3 is 0 Å². The largest absolute Gasteiger partial charge is 0.495 e. The van der Waals surface area contributed by atoms with Crippen molar-refractivity contribution in [3.63, 3.8) is 0 Å². The second-order valence-corrected chi connectivity index (χ2v) is 5.42. The summed E-state index contributed by atoms with van der Waals surface area (Å²) in [6.45, 7) is 6.10. The monoisotopic (exact) mass is 293 g/mol. The molecule has 0 saturated heterocycles. The molecule has 1 unspecified atom stereocenters. The first-order chi connectivity index (χ1) is 9.42. The average Bonchev–Trinajstić information content (AvgIpc) is 2.72. The van der Waals surface area contributed by atoms with E-state index in [0.29, 0.717) is 5.02 Å². The Labute approximate surface area is 124 Å². The van der Waals surface area contributed by atoms with E-state index in [0.717, 1.165) is 22.7 Å². The Morgan fingerprint density at radius 3 is 2.60 bits per heavy atom. The van der Waals surface area contributed by atoms with Crippen LogP contribution in [0.3, 0.4) is 0 Å². The van der Waals surface area contributed by atoms with Gasteiger partial charge < -0.3 is 10.1 Å². The minimum absolute atomic E-state index is 0.137. The first kappa shape index (κ1) is 14.7. The average molecular weight is 294 g/mol. The molecule has 0 bridgehead atoms. The van der Waals surface area contributed by atoms with Crippen molar-refractivity contribution in [3.8, 4) is 5.75 Å². The van der Waals surface area contributed by atoms with E-state index in [4.69, 9.17) is 16.3 Å². The number of nitrogens with one attached hydrogen (secondary N) is 1. The molecular formula is C15H20ClN3O. The zero-order valence-electron chi connectivity index (χ0n) is 12.5. The van der Waals surface area contributed by atoms with Crippen molar-refractivity contribution in [2.24, 2.45) is 7.05 Å². The van der Waals surface area contributed by atoms with Gasteiger partial charge in [0.25, 0.3) is 0 Å². The Balaban J connectivity index is 2.29. The van der Waals surface area contributed by atoms with Crippen LogP contribution in [0.5, 0.6) is 5.75 Å². The number of nitrogens with zero attached hydrogens (tertiary/aromatic N) is 2. The van der Waals surface area contributed by atoms with Crippen LogP contribution in [0.1, 0.15) is 29.8 Å². The van der Waals surface area contributed by atoms with Crippen molar-refractivity contribution >= 4 is 17.3 Å². The maximum absolute atomic E-state index is 6.13. The Morgan fingerprint density at radius 2 is 2.05 bits per heavy atom. The van der Waals surface area contributed by atoms with Crippen LogP contribution in [0, 0.1) is 13.8 Å². The number of hydrogen-bond acceptors (Lipinski definition) is 3. The van der Waals surface area contributed by atoms with Gasteiger partial charge in [-0.2, -0.15) is 5.10 Å². The second kappa shape index (κ2) is 5.75. The van der Waals surface area contributed by atoms with Crippen molar-refractivity contribution in [1.82, 2.24) is 9.78 Å². The molecule has 2 aromatic rings. The fourth-order valence-electron chi connectivity index (χ4n) is 2.30. The van der Waals surface area contributed by atoms with Crippen LogP contribution in [0.25, 0.3) is 0 Å². The summed E-state index contributed by atoms with van der Waals surface area (Å²) in [5, 5.41) is 8.54. The lowest BCUT2D eigenvalue weighted by Gasteiger charge is -2.18. The van der Waals surface area contributed by atoms with E-state index in [1.54, 1.807) is 7.11 Å². The Morgan fingerprint density at radius 1 is 1.35 bits per heavy atom. The van der Waals surface area contributed by atoms with Gasteiger partial charge in [0, 0.05) is 29.9 Å². The van der Waals surface area contributed by atoms with Gasteiger partial charge in [-0.3, -0.25) is 4.68 Å². The van der Waals surface area contributed by atoms with Crippen LogP contribution < -0.4 is 10.1 Å². The highest BCUT2D eigenvalue weighted by molar-refractivity contribution is 6.31. The zero-order valence-corrected chi connectivity index (χ0v) is 13.2. The summed E-state index contributed by atoms with van der Waals surface area (Å²) in [4.78, 5) is 0. The van der Waals surface area contributed by atoms with E-state index in [9.17, 15) is 0 Å². The third kappa shape index (κ3) is 2.90. The molecule has 0 aliphatic carbocycles. The fraction of sp³-hybridized carbons (Fsp3) is 0.400. The first-order valence-electron chi connectivity index (χ1n) is 6.53. The molecule has 20 heavy (non-hydrogen) atoms. The van der Waals surface area contributed by atoms with Gasteiger partial charge in [-0.15, -0.1) is 0 Å². The van der Waals surface area contributed by atoms with Gasteiger partial charge in [0.2, 0.25) is 0 Å². The molecule has 2 rings (SSSR count). The molecule has 1 aromatic carbocycles. The number of aromatic nitrogens is 2. The number of aryl methyl sites for hydroxylation is 3. The lowest BCUT2D eigenvalue weighted by atomic mass is 10.1. The summed E-state index contributed by atoms with van der Waals surface area (Å²) in [6.07, 6.45) is 2.03. The van der Waals surface area contributed by atoms with Crippen molar-refractivity contribution in [3.05, 3.63) is 40.2 Å². The Bertz CT molecular complexity index is 622. The summed E-state index contributed by atoms with van der Waals surface area (Å²) in [6, 6.07) is 3.98. The second-order valence-electron chi connectivity index (χ2n) is 5.01. The number of ether oxygens (including phenoxy) is 1. The number of anilines is 1. The van der Waals surface area contributed by atoms with Crippen molar-refractivity contribution in [1.29, 1.82) is 0 Å². The number of rotatable bonds is 4. The molecule has 0 aliphatic heterocycles. The summed E-state index contributed by atoms with van der Waals surface area (Å²) in [7, 11) is 3.57. The van der Waals surface area contributed by atoms with Crippen molar-refractivity contribution < 1.29 is 4.74 Å². The van der Waals surface area contributed by atoms with E-state index in [1.807, 2.05) is 43.9 Å². The van der Waals surface area contributed by atoms with E-state index in [-0.39, 0.29) is 6.04 Å². The number of hydrogen-bond donors (Lipinski definition) is 1. The van der Waals surface area contributed by atoms with Crippen LogP contribution in [-0.2, 0) is 7.05 Å². The van der Waals surface area contributed by atoms with Crippen molar-refractivity contribution in [2.45, 2.75) is 26.8 Å². The molecule has 0 aliphatic rings. The zero-order chi connectivity index (χ0) is 14.9. The molecule has 0 spiro atoms. The molecule has 1 heterocycles. The molecule has 4 nitrogen and oxygen atoms in total. The maximum Gasteiger partial charge on any atom is 0.143 e. The topological polar surface area (TPSA) is 39.1 Å². The summed E-state index contributed by atoms with van der Waals surface area (Å²) < 4.78 is 7.21. The van der Waals surface area contributed by atoms with E-state index in [1.165, 1.54) is 5.56 Å². The predicted octanol–water partition coefficient (Wildman–Crippen LogP) is 3.87. The van der Waals surface area contributed by atoms with E-state index in [2.05, 4.69) is 17.3 Å². The molecule has 0 fully saturated rings. The SMILES string of the molecule is COc1cc(Cl)c(C)cc1NC(C)c1cn(C)nc1C. The summed E-state index contributed by atoms with van der Waals surface area (Å²) >= 11 is 6.13.